The summed E-state index contributed by atoms with van der Waals surface area (Å²) in [5, 5.41) is 15.3. The number of nitrogens with zero attached hydrogens (tertiary/aromatic N) is 4. The number of para-hydroxylation sites is 1. The molecule has 1 aromatic heterocycles. The van der Waals surface area contributed by atoms with Crippen molar-refractivity contribution in [2.45, 2.75) is 6.61 Å². The summed E-state index contributed by atoms with van der Waals surface area (Å²) in [5.74, 6) is 0.406. The van der Waals surface area contributed by atoms with Gasteiger partial charge in [-0.15, -0.1) is 0 Å². The number of nitriles is 1. The molecule has 0 bridgehead atoms. The number of rotatable bonds is 7. The number of aromatic nitrogens is 2. The van der Waals surface area contributed by atoms with E-state index in [0.29, 0.717) is 54.9 Å². The molecule has 0 N–H and O–H groups in total. The van der Waals surface area contributed by atoms with Crippen LogP contribution >= 0.6 is 11.6 Å². The lowest BCUT2D eigenvalue weighted by Crippen LogP contribution is -2.41. The Kier molecular flexibility index (Phi) is 7.84. The van der Waals surface area contributed by atoms with Crippen LogP contribution in [0, 0.1) is 11.3 Å². The zero-order valence-corrected chi connectivity index (χ0v) is 21.3. The number of carbonyl (C=O) groups is 1. The first-order valence-corrected chi connectivity index (χ1v) is 12.6. The van der Waals surface area contributed by atoms with Gasteiger partial charge in [-0.2, -0.15) is 10.4 Å². The Morgan fingerprint density at radius 2 is 1.74 bits per heavy atom. The molecular formula is C30H25ClN4O3. The van der Waals surface area contributed by atoms with Crippen LogP contribution in [0.2, 0.25) is 5.02 Å². The van der Waals surface area contributed by atoms with Crippen molar-refractivity contribution in [2.75, 3.05) is 26.3 Å². The molecule has 38 heavy (non-hydrogen) atoms. The molecule has 0 radical (unpaired) electrons. The quantitative estimate of drug-likeness (QED) is 0.234. The van der Waals surface area contributed by atoms with Gasteiger partial charge in [0.15, 0.2) is 0 Å². The first kappa shape index (κ1) is 25.3. The van der Waals surface area contributed by atoms with E-state index in [2.05, 4.69) is 6.07 Å². The Labute approximate surface area is 226 Å². The van der Waals surface area contributed by atoms with Crippen molar-refractivity contribution in [3.63, 3.8) is 0 Å². The van der Waals surface area contributed by atoms with Gasteiger partial charge in [-0.25, -0.2) is 4.68 Å². The molecular weight excluding hydrogens is 500 g/mol. The monoisotopic (exact) mass is 524 g/mol. The minimum Gasteiger partial charge on any atom is -0.489 e. The van der Waals surface area contributed by atoms with Crippen LogP contribution in [-0.2, 0) is 16.1 Å². The van der Waals surface area contributed by atoms with E-state index >= 15 is 0 Å². The highest BCUT2D eigenvalue weighted by atomic mass is 35.5. The lowest BCUT2D eigenvalue weighted by atomic mass is 10.1. The molecule has 1 aliphatic heterocycles. The molecule has 0 aliphatic carbocycles. The largest absolute Gasteiger partial charge is 0.489 e. The fraction of sp³-hybridized carbons (Fsp3) is 0.167. The minimum absolute atomic E-state index is 0.0590. The predicted octanol–water partition coefficient (Wildman–Crippen LogP) is 5.54. The number of benzene rings is 3. The Balaban J connectivity index is 1.44. The molecule has 5 rings (SSSR count). The summed E-state index contributed by atoms with van der Waals surface area (Å²) < 4.78 is 13.0. The van der Waals surface area contributed by atoms with Gasteiger partial charge in [0.25, 0.3) is 5.91 Å². The third-order valence-electron chi connectivity index (χ3n) is 6.16. The minimum atomic E-state index is -0.305. The molecule has 1 amide bonds. The molecule has 0 atom stereocenters. The first-order valence-electron chi connectivity index (χ1n) is 12.2. The summed E-state index contributed by atoms with van der Waals surface area (Å²) in [7, 11) is 0. The average molecular weight is 525 g/mol. The maximum Gasteiger partial charge on any atom is 0.264 e. The fourth-order valence-corrected chi connectivity index (χ4v) is 4.25. The fourth-order valence-electron chi connectivity index (χ4n) is 4.12. The number of amides is 1. The maximum atomic E-state index is 13.0. The van der Waals surface area contributed by atoms with Crippen LogP contribution in [0.25, 0.3) is 23.0 Å². The van der Waals surface area contributed by atoms with Crippen LogP contribution in [0.3, 0.4) is 0 Å². The van der Waals surface area contributed by atoms with Gasteiger partial charge < -0.3 is 14.4 Å². The smallest absolute Gasteiger partial charge is 0.264 e. The second kappa shape index (κ2) is 11.8. The van der Waals surface area contributed by atoms with Gasteiger partial charge in [0.2, 0.25) is 0 Å². The zero-order chi connectivity index (χ0) is 26.3. The average Bonchev–Trinajstić information content (AvgIpc) is 3.40. The molecule has 1 aliphatic rings. The van der Waals surface area contributed by atoms with E-state index in [9.17, 15) is 10.1 Å². The Bertz CT molecular complexity index is 1470. The van der Waals surface area contributed by atoms with Crippen molar-refractivity contribution in [2.24, 2.45) is 0 Å². The van der Waals surface area contributed by atoms with Crippen LogP contribution in [0.4, 0.5) is 0 Å². The molecule has 7 nitrogen and oxygen atoms in total. The van der Waals surface area contributed by atoms with E-state index in [1.165, 1.54) is 0 Å². The molecule has 0 unspecified atom stereocenters. The van der Waals surface area contributed by atoms with E-state index in [4.69, 9.17) is 26.2 Å². The molecule has 190 valence electrons. The van der Waals surface area contributed by atoms with Gasteiger partial charge in [0.1, 0.15) is 24.0 Å². The van der Waals surface area contributed by atoms with E-state index < -0.39 is 0 Å². The molecule has 3 aromatic carbocycles. The van der Waals surface area contributed by atoms with Crippen molar-refractivity contribution >= 4 is 23.6 Å². The lowest BCUT2D eigenvalue weighted by molar-refractivity contribution is -0.130. The summed E-state index contributed by atoms with van der Waals surface area (Å²) >= 11 is 5.96. The maximum absolute atomic E-state index is 13.0. The Hall–Kier alpha value is -4.38. The van der Waals surface area contributed by atoms with Gasteiger partial charge in [0.05, 0.1) is 24.6 Å². The number of halogens is 1. The molecule has 8 heteroatoms. The van der Waals surface area contributed by atoms with Crippen LogP contribution in [0.1, 0.15) is 11.1 Å². The van der Waals surface area contributed by atoms with Gasteiger partial charge in [0, 0.05) is 35.4 Å². The van der Waals surface area contributed by atoms with E-state index in [0.717, 1.165) is 16.8 Å². The van der Waals surface area contributed by atoms with Crippen LogP contribution in [-0.4, -0.2) is 46.9 Å². The lowest BCUT2D eigenvalue weighted by Gasteiger charge is -2.26. The highest BCUT2D eigenvalue weighted by Gasteiger charge is 2.22. The Morgan fingerprint density at radius 3 is 2.42 bits per heavy atom. The topological polar surface area (TPSA) is 80.4 Å². The predicted molar refractivity (Wildman–Crippen MR) is 146 cm³/mol. The van der Waals surface area contributed by atoms with Crippen LogP contribution in [0.5, 0.6) is 5.75 Å². The summed E-state index contributed by atoms with van der Waals surface area (Å²) in [6.45, 7) is 2.28. The SMILES string of the molecule is N#CC(=Cc1cn(-c2ccccc2)nc1-c1ccc(OCc2ccc(Cl)cc2)cc1)C(=O)N1CCOCC1. The molecule has 2 heterocycles. The van der Waals surface area contributed by atoms with Gasteiger partial charge in [-0.05, 0) is 60.2 Å². The van der Waals surface area contributed by atoms with Crippen molar-refractivity contribution in [1.82, 2.24) is 14.7 Å². The number of morpholine rings is 1. The summed E-state index contributed by atoms with van der Waals surface area (Å²) in [6.07, 6.45) is 3.45. The second-order valence-corrected chi connectivity index (χ2v) is 9.16. The van der Waals surface area contributed by atoms with Crippen LogP contribution in [0.15, 0.2) is 90.6 Å². The van der Waals surface area contributed by atoms with Crippen LogP contribution < -0.4 is 4.74 Å². The molecule has 0 saturated carbocycles. The van der Waals surface area contributed by atoms with Crippen molar-refractivity contribution in [3.05, 3.63) is 107 Å². The number of hydrogen-bond donors (Lipinski definition) is 0. The number of hydrogen-bond acceptors (Lipinski definition) is 5. The first-order chi connectivity index (χ1) is 18.6. The standard InChI is InChI=1S/C30H25ClN4O3/c31-26-10-6-22(7-11-26)21-38-28-12-8-23(9-13-28)29-25(20-35(33-29)27-4-2-1-3-5-27)18-24(19-32)30(36)34-14-16-37-17-15-34/h1-13,18,20H,14-17,21H2. The molecule has 4 aromatic rings. The third-order valence-corrected chi connectivity index (χ3v) is 6.41. The van der Waals surface area contributed by atoms with Gasteiger partial charge in [-0.1, -0.05) is 41.9 Å². The van der Waals surface area contributed by atoms with Crippen molar-refractivity contribution in [1.29, 1.82) is 5.26 Å². The highest BCUT2D eigenvalue weighted by Crippen LogP contribution is 2.28. The summed E-state index contributed by atoms with van der Waals surface area (Å²) in [6, 6.07) is 26.9. The zero-order valence-electron chi connectivity index (χ0n) is 20.6. The van der Waals surface area contributed by atoms with E-state index in [-0.39, 0.29) is 11.5 Å². The highest BCUT2D eigenvalue weighted by molar-refractivity contribution is 6.30. The number of ether oxygens (including phenoxy) is 2. The van der Waals surface area contributed by atoms with E-state index in [1.807, 2.05) is 85.1 Å². The molecule has 0 spiro atoms. The van der Waals surface area contributed by atoms with Crippen molar-refractivity contribution in [3.8, 4) is 28.8 Å². The molecule has 1 saturated heterocycles. The second-order valence-electron chi connectivity index (χ2n) is 8.73. The number of carbonyl (C=O) groups excluding carboxylic acids is 1. The van der Waals surface area contributed by atoms with Gasteiger partial charge >= 0.3 is 0 Å². The summed E-state index contributed by atoms with van der Waals surface area (Å²) in [4.78, 5) is 14.7. The van der Waals surface area contributed by atoms with E-state index in [1.54, 1.807) is 15.7 Å². The summed E-state index contributed by atoms with van der Waals surface area (Å²) in [5.41, 5.74) is 4.10. The van der Waals surface area contributed by atoms with Gasteiger partial charge in [-0.3, -0.25) is 4.79 Å². The third kappa shape index (κ3) is 5.94. The molecule has 1 fully saturated rings. The normalized spacial score (nSPS) is 13.7. The van der Waals surface area contributed by atoms with Crippen molar-refractivity contribution < 1.29 is 14.3 Å². The Morgan fingerprint density at radius 1 is 1.03 bits per heavy atom.